The Balaban J connectivity index is 1.68. The molecule has 27 heavy (non-hydrogen) atoms. The van der Waals surface area contributed by atoms with E-state index < -0.39 is 11.6 Å². The number of hydrogen-bond donors (Lipinski definition) is 1. The van der Waals surface area contributed by atoms with Crippen LogP contribution < -0.4 is 5.32 Å². The van der Waals surface area contributed by atoms with E-state index in [2.05, 4.69) is 11.4 Å². The molecule has 4 amide bonds. The molecule has 6 nitrogen and oxygen atoms in total. The minimum absolute atomic E-state index is 0.0933. The molecule has 0 unspecified atom stereocenters. The quantitative estimate of drug-likeness (QED) is 0.828. The molecule has 146 valence electrons. The number of urea groups is 1. The van der Waals surface area contributed by atoms with Gasteiger partial charge >= 0.3 is 6.03 Å². The number of aryl methyl sites for hydroxylation is 2. The smallest absolute Gasteiger partial charge is 0.325 e. The number of hydrogen-bond acceptors (Lipinski definition) is 3. The zero-order chi connectivity index (χ0) is 19.8. The van der Waals surface area contributed by atoms with E-state index in [1.165, 1.54) is 5.56 Å². The van der Waals surface area contributed by atoms with Gasteiger partial charge in [-0.2, -0.15) is 0 Å². The molecule has 1 saturated heterocycles. The topological polar surface area (TPSA) is 69.7 Å². The molecule has 1 aliphatic carbocycles. The van der Waals surface area contributed by atoms with Gasteiger partial charge in [0.05, 0.1) is 0 Å². The second kappa shape index (κ2) is 7.33. The highest BCUT2D eigenvalue weighted by atomic mass is 16.2. The van der Waals surface area contributed by atoms with E-state index in [0.717, 1.165) is 35.3 Å². The van der Waals surface area contributed by atoms with Gasteiger partial charge in [-0.1, -0.05) is 43.5 Å². The van der Waals surface area contributed by atoms with E-state index >= 15 is 0 Å². The molecule has 1 saturated carbocycles. The first-order chi connectivity index (χ1) is 12.7. The van der Waals surface area contributed by atoms with Gasteiger partial charge in [-0.3, -0.25) is 14.5 Å². The first-order valence-electron chi connectivity index (χ1n) is 9.69. The molecule has 2 aliphatic rings. The van der Waals surface area contributed by atoms with Crippen LogP contribution in [0.3, 0.4) is 0 Å². The van der Waals surface area contributed by atoms with Gasteiger partial charge in [0.25, 0.3) is 5.91 Å². The van der Waals surface area contributed by atoms with Crippen molar-refractivity contribution in [3.63, 3.8) is 0 Å². The van der Waals surface area contributed by atoms with Crippen molar-refractivity contribution in [1.29, 1.82) is 0 Å². The summed E-state index contributed by atoms with van der Waals surface area (Å²) >= 11 is 0. The van der Waals surface area contributed by atoms with E-state index in [4.69, 9.17) is 0 Å². The lowest BCUT2D eigenvalue weighted by Gasteiger charge is -2.36. The fourth-order valence-corrected chi connectivity index (χ4v) is 4.26. The predicted octanol–water partition coefficient (Wildman–Crippen LogP) is 2.76. The molecule has 0 aromatic heterocycles. The molecule has 1 aromatic carbocycles. The fraction of sp³-hybridized carbons (Fsp3) is 0.571. The summed E-state index contributed by atoms with van der Waals surface area (Å²) < 4.78 is 0. The largest absolute Gasteiger partial charge is 0.340 e. The summed E-state index contributed by atoms with van der Waals surface area (Å²) in [5.41, 5.74) is 2.55. The van der Waals surface area contributed by atoms with E-state index in [1.54, 1.807) is 11.9 Å². The van der Waals surface area contributed by atoms with Gasteiger partial charge in [0, 0.05) is 13.6 Å². The third kappa shape index (κ3) is 3.57. The summed E-state index contributed by atoms with van der Waals surface area (Å²) in [4.78, 5) is 40.8. The third-order valence-electron chi connectivity index (χ3n) is 6.13. The molecular weight excluding hydrogens is 342 g/mol. The molecule has 1 aromatic rings. The van der Waals surface area contributed by atoms with Gasteiger partial charge in [-0.15, -0.1) is 0 Å². The Morgan fingerprint density at radius 1 is 1.30 bits per heavy atom. The second-order valence-corrected chi connectivity index (χ2v) is 8.12. The SMILES string of the molecule is Cc1ccc(CN(C)C(=O)CN2C(=O)N[C@]3(CCCC[C@@H]3C)C2=O)c(C)c1. The molecular formula is C21H29N3O3. The Morgan fingerprint density at radius 3 is 2.70 bits per heavy atom. The van der Waals surface area contributed by atoms with E-state index in [1.807, 2.05) is 32.9 Å². The van der Waals surface area contributed by atoms with Crippen LogP contribution in [0, 0.1) is 19.8 Å². The van der Waals surface area contributed by atoms with Crippen molar-refractivity contribution in [1.82, 2.24) is 15.1 Å². The van der Waals surface area contributed by atoms with Crippen LogP contribution in [0.1, 0.15) is 49.3 Å². The molecule has 2 fully saturated rings. The van der Waals surface area contributed by atoms with Crippen molar-refractivity contribution in [2.45, 2.75) is 58.5 Å². The van der Waals surface area contributed by atoms with Crippen molar-refractivity contribution in [3.05, 3.63) is 34.9 Å². The van der Waals surface area contributed by atoms with Gasteiger partial charge in [-0.05, 0) is 43.7 Å². The normalized spacial score (nSPS) is 25.0. The number of amides is 4. The average molecular weight is 371 g/mol. The molecule has 1 spiro atoms. The van der Waals surface area contributed by atoms with Crippen molar-refractivity contribution >= 4 is 17.8 Å². The number of imide groups is 1. The fourth-order valence-electron chi connectivity index (χ4n) is 4.26. The lowest BCUT2D eigenvalue weighted by Crippen LogP contribution is -2.54. The lowest BCUT2D eigenvalue weighted by atomic mass is 9.73. The molecule has 1 N–H and O–H groups in total. The molecule has 3 rings (SSSR count). The summed E-state index contributed by atoms with van der Waals surface area (Å²) in [5.74, 6) is -0.386. The Morgan fingerprint density at radius 2 is 2.04 bits per heavy atom. The van der Waals surface area contributed by atoms with Gasteiger partial charge in [0.15, 0.2) is 0 Å². The van der Waals surface area contributed by atoms with Crippen molar-refractivity contribution < 1.29 is 14.4 Å². The Hall–Kier alpha value is -2.37. The predicted molar refractivity (Wildman–Crippen MR) is 103 cm³/mol. The Labute approximate surface area is 160 Å². The Kier molecular flexibility index (Phi) is 5.27. The highest BCUT2D eigenvalue weighted by Crippen LogP contribution is 2.38. The third-order valence-corrected chi connectivity index (χ3v) is 6.13. The van der Waals surface area contributed by atoms with Gasteiger partial charge in [0.1, 0.15) is 12.1 Å². The zero-order valence-corrected chi connectivity index (χ0v) is 16.7. The molecule has 2 atom stereocenters. The van der Waals surface area contributed by atoms with Crippen LogP contribution in [-0.4, -0.2) is 46.8 Å². The first kappa shape index (κ1) is 19.4. The highest BCUT2D eigenvalue weighted by molar-refractivity contribution is 6.09. The summed E-state index contributed by atoms with van der Waals surface area (Å²) in [7, 11) is 1.71. The van der Waals surface area contributed by atoms with Gasteiger partial charge < -0.3 is 10.2 Å². The van der Waals surface area contributed by atoms with Gasteiger partial charge in [-0.25, -0.2) is 4.79 Å². The Bertz CT molecular complexity index is 776. The summed E-state index contributed by atoms with van der Waals surface area (Å²) in [6.45, 7) is 6.31. The minimum atomic E-state index is -0.818. The maximum Gasteiger partial charge on any atom is 0.325 e. The summed E-state index contributed by atoms with van der Waals surface area (Å²) in [6.07, 6.45) is 3.57. The number of carbonyl (C=O) groups excluding carboxylic acids is 3. The minimum Gasteiger partial charge on any atom is -0.340 e. The number of carbonyl (C=O) groups is 3. The monoisotopic (exact) mass is 371 g/mol. The van der Waals surface area contributed by atoms with E-state index in [9.17, 15) is 14.4 Å². The maximum atomic E-state index is 13.0. The maximum absolute atomic E-state index is 13.0. The molecule has 6 heteroatoms. The van der Waals surface area contributed by atoms with Crippen molar-refractivity contribution in [2.24, 2.45) is 5.92 Å². The summed E-state index contributed by atoms with van der Waals surface area (Å²) in [5, 5.41) is 2.89. The van der Waals surface area contributed by atoms with E-state index in [0.29, 0.717) is 13.0 Å². The standard InChI is InChI=1S/C21H29N3O3/c1-14-8-9-17(15(2)11-14)12-23(4)18(25)13-24-19(26)21(22-20(24)27)10-6-5-7-16(21)3/h8-9,11,16H,5-7,10,12-13H2,1-4H3,(H,22,27)/t16-,21-/m0/s1. The molecule has 0 bridgehead atoms. The van der Waals surface area contributed by atoms with Crippen LogP contribution in [0.2, 0.25) is 0 Å². The number of likely N-dealkylation sites (N-methyl/N-ethyl adjacent to an activating group) is 1. The summed E-state index contributed by atoms with van der Waals surface area (Å²) in [6, 6.07) is 5.67. The van der Waals surface area contributed by atoms with Crippen molar-refractivity contribution in [3.8, 4) is 0 Å². The van der Waals surface area contributed by atoms with E-state index in [-0.39, 0.29) is 24.3 Å². The number of nitrogens with zero attached hydrogens (tertiary/aromatic N) is 2. The van der Waals surface area contributed by atoms with Gasteiger partial charge in [0.2, 0.25) is 5.91 Å². The van der Waals surface area contributed by atoms with Crippen LogP contribution in [0.5, 0.6) is 0 Å². The lowest BCUT2D eigenvalue weighted by molar-refractivity contribution is -0.140. The van der Waals surface area contributed by atoms with Crippen LogP contribution in [-0.2, 0) is 16.1 Å². The number of benzene rings is 1. The van der Waals surface area contributed by atoms with Crippen molar-refractivity contribution in [2.75, 3.05) is 13.6 Å². The molecule has 1 aliphatic heterocycles. The van der Waals surface area contributed by atoms with Crippen LogP contribution in [0.25, 0.3) is 0 Å². The second-order valence-electron chi connectivity index (χ2n) is 8.12. The van der Waals surface area contributed by atoms with Crippen LogP contribution >= 0.6 is 0 Å². The molecule has 0 radical (unpaired) electrons. The zero-order valence-electron chi connectivity index (χ0n) is 16.7. The molecule has 1 heterocycles. The highest BCUT2D eigenvalue weighted by Gasteiger charge is 2.55. The van der Waals surface area contributed by atoms with Crippen LogP contribution in [0.15, 0.2) is 18.2 Å². The average Bonchev–Trinajstić information content (AvgIpc) is 2.85. The van der Waals surface area contributed by atoms with Crippen LogP contribution in [0.4, 0.5) is 4.79 Å². The first-order valence-corrected chi connectivity index (χ1v) is 9.69. The number of rotatable bonds is 4. The number of nitrogens with one attached hydrogen (secondary N) is 1.